The van der Waals surface area contributed by atoms with E-state index in [0.29, 0.717) is 18.5 Å². The summed E-state index contributed by atoms with van der Waals surface area (Å²) in [5.74, 6) is 1.21. The van der Waals surface area contributed by atoms with Crippen molar-refractivity contribution in [1.29, 1.82) is 0 Å². The Hall–Kier alpha value is -1.38. The average molecular weight is 401 g/mol. The quantitative estimate of drug-likeness (QED) is 0.835. The Morgan fingerprint density at radius 3 is 2.50 bits per heavy atom. The molecule has 1 aliphatic heterocycles. The summed E-state index contributed by atoms with van der Waals surface area (Å²) in [5.41, 5.74) is 5.51. The smallest absolute Gasteiger partial charge is 0.328 e. The first kappa shape index (κ1) is 19.4. The number of hydrogen-bond donors (Lipinski definition) is 1. The molecule has 2 aliphatic rings. The molecular weight excluding hydrogens is 379 g/mol. The van der Waals surface area contributed by atoms with E-state index < -0.39 is 11.4 Å². The lowest BCUT2D eigenvalue weighted by atomic mass is 9.91. The van der Waals surface area contributed by atoms with Crippen LogP contribution in [0.4, 0.5) is 4.39 Å². The second-order valence-corrected chi connectivity index (χ2v) is 8.09. The van der Waals surface area contributed by atoms with E-state index >= 15 is 0 Å². The monoisotopic (exact) mass is 400 g/mol. The molecule has 1 saturated heterocycles. The summed E-state index contributed by atoms with van der Waals surface area (Å²) < 4.78 is 16.7. The molecule has 4 rings (SSSR count). The van der Waals surface area contributed by atoms with Gasteiger partial charge in [0.25, 0.3) is 5.56 Å². The minimum Gasteiger partial charge on any atom is -0.328 e. The number of thioether (sulfide) groups is 1. The first-order chi connectivity index (χ1) is 12.1. The molecule has 0 spiro atoms. The van der Waals surface area contributed by atoms with Gasteiger partial charge in [0.15, 0.2) is 0 Å². The van der Waals surface area contributed by atoms with Crippen LogP contribution in [0.15, 0.2) is 21.9 Å². The number of hydrogen-bond acceptors (Lipinski definition) is 5. The number of aromatic nitrogens is 3. The second kappa shape index (κ2) is 7.70. The summed E-state index contributed by atoms with van der Waals surface area (Å²) in [6.45, 7) is 0. The summed E-state index contributed by atoms with van der Waals surface area (Å²) in [6, 6.07) is 1.15. The third kappa shape index (κ3) is 3.30. The van der Waals surface area contributed by atoms with Gasteiger partial charge in [0.1, 0.15) is 11.5 Å². The molecule has 2 N–H and O–H groups in total. The molecular formula is C17H22ClFN4O2S. The Morgan fingerprint density at radius 2 is 1.85 bits per heavy atom. The Bertz CT molecular complexity index is 917. The fourth-order valence-electron chi connectivity index (χ4n) is 3.94. The molecule has 26 heavy (non-hydrogen) atoms. The van der Waals surface area contributed by atoms with Crippen molar-refractivity contribution in [3.05, 3.63) is 38.9 Å². The maximum atomic E-state index is 13.7. The molecule has 0 aromatic carbocycles. The topological polar surface area (TPSA) is 82.9 Å². The first-order valence-electron chi connectivity index (χ1n) is 8.72. The van der Waals surface area contributed by atoms with E-state index in [9.17, 15) is 14.0 Å². The highest BCUT2D eigenvalue weighted by atomic mass is 35.5. The van der Waals surface area contributed by atoms with Crippen molar-refractivity contribution in [2.45, 2.75) is 50.2 Å². The van der Waals surface area contributed by atoms with Crippen molar-refractivity contribution < 1.29 is 4.39 Å². The largest absolute Gasteiger partial charge is 0.333 e. The highest BCUT2D eigenvalue weighted by molar-refractivity contribution is 7.99. The van der Waals surface area contributed by atoms with Crippen LogP contribution in [0.1, 0.15) is 44.2 Å². The molecule has 0 amide bonds. The Kier molecular flexibility index (Phi) is 5.74. The van der Waals surface area contributed by atoms with Gasteiger partial charge in [0.2, 0.25) is 0 Å². The SMILES string of the molecule is Cl.N[C@H]1CC[C@@H](n2c(=O)c3cc(F)cnc3n(C3CCSC3)c2=O)CC1. The van der Waals surface area contributed by atoms with E-state index in [2.05, 4.69) is 4.98 Å². The fourth-order valence-corrected chi connectivity index (χ4v) is 5.13. The molecule has 6 nitrogen and oxygen atoms in total. The van der Waals surface area contributed by atoms with E-state index in [1.807, 2.05) is 0 Å². The van der Waals surface area contributed by atoms with Crippen LogP contribution in [0.25, 0.3) is 11.0 Å². The van der Waals surface area contributed by atoms with Crippen molar-refractivity contribution in [3.8, 4) is 0 Å². The molecule has 9 heteroatoms. The van der Waals surface area contributed by atoms with Gasteiger partial charge < -0.3 is 5.73 Å². The minimum atomic E-state index is -0.562. The maximum Gasteiger partial charge on any atom is 0.333 e. The van der Waals surface area contributed by atoms with Crippen molar-refractivity contribution in [3.63, 3.8) is 0 Å². The molecule has 0 radical (unpaired) electrons. The molecule has 3 heterocycles. The van der Waals surface area contributed by atoms with Gasteiger partial charge in [-0.25, -0.2) is 14.2 Å². The third-order valence-electron chi connectivity index (χ3n) is 5.30. The van der Waals surface area contributed by atoms with Crippen LogP contribution >= 0.6 is 24.2 Å². The molecule has 2 fully saturated rings. The number of halogens is 2. The molecule has 2 aromatic heterocycles. The van der Waals surface area contributed by atoms with Gasteiger partial charge in [0, 0.05) is 17.8 Å². The molecule has 142 valence electrons. The van der Waals surface area contributed by atoms with Gasteiger partial charge in [-0.2, -0.15) is 11.8 Å². The number of fused-ring (bicyclic) bond motifs is 1. The van der Waals surface area contributed by atoms with Crippen LogP contribution in [-0.2, 0) is 0 Å². The second-order valence-electron chi connectivity index (χ2n) is 6.94. The summed E-state index contributed by atoms with van der Waals surface area (Å²) in [6.07, 6.45) is 4.90. The van der Waals surface area contributed by atoms with Gasteiger partial charge in [-0.05, 0) is 43.9 Å². The lowest BCUT2D eigenvalue weighted by Gasteiger charge is -2.28. The van der Waals surface area contributed by atoms with Gasteiger partial charge in [0.05, 0.1) is 17.6 Å². The minimum absolute atomic E-state index is 0. The summed E-state index contributed by atoms with van der Waals surface area (Å²) in [5, 5.41) is 0.186. The van der Waals surface area contributed by atoms with Crippen LogP contribution in [0.5, 0.6) is 0 Å². The average Bonchev–Trinajstić information content (AvgIpc) is 3.11. The zero-order valence-corrected chi connectivity index (χ0v) is 15.9. The van der Waals surface area contributed by atoms with Gasteiger partial charge in [-0.1, -0.05) is 0 Å². The van der Waals surface area contributed by atoms with Gasteiger partial charge in [-0.15, -0.1) is 12.4 Å². The summed E-state index contributed by atoms with van der Waals surface area (Å²) >= 11 is 1.78. The van der Waals surface area contributed by atoms with E-state index in [1.54, 1.807) is 16.3 Å². The van der Waals surface area contributed by atoms with E-state index in [-0.39, 0.29) is 41.6 Å². The van der Waals surface area contributed by atoms with Crippen LogP contribution < -0.4 is 17.0 Å². The number of rotatable bonds is 2. The van der Waals surface area contributed by atoms with Crippen molar-refractivity contribution in [1.82, 2.24) is 14.1 Å². The highest BCUT2D eigenvalue weighted by Gasteiger charge is 2.28. The zero-order chi connectivity index (χ0) is 17.6. The molecule has 1 aliphatic carbocycles. The number of nitrogens with zero attached hydrogens (tertiary/aromatic N) is 3. The lowest BCUT2D eigenvalue weighted by Crippen LogP contribution is -2.45. The fraction of sp³-hybridized carbons (Fsp3) is 0.588. The number of pyridine rings is 1. The first-order valence-corrected chi connectivity index (χ1v) is 9.87. The predicted molar refractivity (Wildman–Crippen MR) is 104 cm³/mol. The van der Waals surface area contributed by atoms with Crippen LogP contribution in [0.2, 0.25) is 0 Å². The van der Waals surface area contributed by atoms with Crippen LogP contribution in [0, 0.1) is 5.82 Å². The van der Waals surface area contributed by atoms with Crippen LogP contribution in [-0.4, -0.2) is 31.7 Å². The number of nitrogens with two attached hydrogens (primary N) is 1. The maximum absolute atomic E-state index is 13.7. The standard InChI is InChI=1S/C17H21FN4O2S.ClH/c18-10-7-14-15(20-8-10)21(13-5-6-25-9-13)17(24)22(16(14)23)12-3-1-11(19)2-4-12;/h7-8,11-13H,1-6,9,19H2;1H/t11-,12+,13?;. The Labute approximate surface area is 160 Å². The van der Waals surface area contributed by atoms with Crippen molar-refractivity contribution in [2.75, 3.05) is 11.5 Å². The normalized spacial score (nSPS) is 26.0. The Balaban J connectivity index is 0.00000196. The van der Waals surface area contributed by atoms with Gasteiger partial charge >= 0.3 is 5.69 Å². The zero-order valence-electron chi connectivity index (χ0n) is 14.3. The van der Waals surface area contributed by atoms with Crippen molar-refractivity contribution >= 4 is 35.2 Å². The highest BCUT2D eigenvalue weighted by Crippen LogP contribution is 2.30. The lowest BCUT2D eigenvalue weighted by molar-refractivity contribution is 0.304. The summed E-state index contributed by atoms with van der Waals surface area (Å²) in [7, 11) is 0. The van der Waals surface area contributed by atoms with E-state index in [4.69, 9.17) is 5.73 Å². The van der Waals surface area contributed by atoms with Crippen molar-refractivity contribution in [2.24, 2.45) is 5.73 Å². The van der Waals surface area contributed by atoms with Crippen LogP contribution in [0.3, 0.4) is 0 Å². The molecule has 1 atom stereocenters. The Morgan fingerprint density at radius 1 is 1.12 bits per heavy atom. The molecule has 1 saturated carbocycles. The van der Waals surface area contributed by atoms with E-state index in [1.165, 1.54) is 10.6 Å². The molecule has 1 unspecified atom stereocenters. The van der Waals surface area contributed by atoms with E-state index in [0.717, 1.165) is 37.0 Å². The third-order valence-corrected chi connectivity index (χ3v) is 6.45. The molecule has 0 bridgehead atoms. The summed E-state index contributed by atoms with van der Waals surface area (Å²) in [4.78, 5) is 30.3. The van der Waals surface area contributed by atoms with Gasteiger partial charge in [-0.3, -0.25) is 13.9 Å². The molecule has 2 aromatic rings. The predicted octanol–water partition coefficient (Wildman–Crippen LogP) is 2.24.